The number of benzene rings is 2. The fraction of sp³-hybridized carbons (Fsp3) is 0.333. The maximum Gasteiger partial charge on any atom is 0.234 e. The normalized spacial score (nSPS) is 19.8. The number of imidazole rings is 1. The van der Waals surface area contributed by atoms with Crippen LogP contribution in [0.15, 0.2) is 91.8 Å². The highest BCUT2D eigenvalue weighted by atomic mass is 16.5. The fourth-order valence-electron chi connectivity index (χ4n) is 5.86. The highest BCUT2D eigenvalue weighted by molar-refractivity contribution is 5.81. The van der Waals surface area contributed by atoms with E-state index < -0.39 is 0 Å². The van der Waals surface area contributed by atoms with Crippen LogP contribution in [0.4, 0.5) is 0 Å². The van der Waals surface area contributed by atoms with Gasteiger partial charge in [-0.3, -0.25) is 19.5 Å². The van der Waals surface area contributed by atoms with Gasteiger partial charge in [-0.15, -0.1) is 0 Å². The zero-order valence-electron chi connectivity index (χ0n) is 23.6. The molecule has 2 aromatic heterocycles. The summed E-state index contributed by atoms with van der Waals surface area (Å²) in [7, 11) is 0. The van der Waals surface area contributed by atoms with Gasteiger partial charge >= 0.3 is 0 Å². The van der Waals surface area contributed by atoms with Gasteiger partial charge in [0.05, 0.1) is 31.9 Å². The molecule has 2 aromatic carbocycles. The van der Waals surface area contributed by atoms with Crippen LogP contribution in [-0.2, 0) is 22.6 Å². The molecule has 216 valence electrons. The van der Waals surface area contributed by atoms with Crippen LogP contribution in [0.2, 0.25) is 0 Å². The lowest BCUT2D eigenvalue weighted by atomic mass is 9.94. The van der Waals surface area contributed by atoms with Crippen LogP contribution in [0.25, 0.3) is 5.69 Å². The second-order valence-electron chi connectivity index (χ2n) is 11.1. The van der Waals surface area contributed by atoms with Gasteiger partial charge in [-0.1, -0.05) is 30.3 Å². The number of aromatic nitrogens is 3. The van der Waals surface area contributed by atoms with E-state index in [1.165, 1.54) is 0 Å². The van der Waals surface area contributed by atoms with Crippen LogP contribution in [0.1, 0.15) is 35.4 Å². The summed E-state index contributed by atoms with van der Waals surface area (Å²) in [4.78, 5) is 39.1. The summed E-state index contributed by atoms with van der Waals surface area (Å²) in [6.45, 7) is 3.37. The van der Waals surface area contributed by atoms with Crippen molar-refractivity contribution in [1.29, 1.82) is 0 Å². The lowest BCUT2D eigenvalue weighted by molar-refractivity contribution is -0.130. The number of fused-ring (bicyclic) bond motifs is 4. The summed E-state index contributed by atoms with van der Waals surface area (Å²) >= 11 is 0. The Hall–Kier alpha value is -4.50. The van der Waals surface area contributed by atoms with E-state index in [1.807, 2.05) is 39.9 Å². The van der Waals surface area contributed by atoms with Crippen molar-refractivity contribution < 1.29 is 14.3 Å². The minimum Gasteiger partial charge on any atom is -0.494 e. The van der Waals surface area contributed by atoms with Crippen molar-refractivity contribution in [2.75, 3.05) is 32.8 Å². The van der Waals surface area contributed by atoms with E-state index in [0.717, 1.165) is 47.5 Å². The first kappa shape index (κ1) is 27.7. The zero-order chi connectivity index (χ0) is 28.7. The van der Waals surface area contributed by atoms with Crippen molar-refractivity contribution in [3.8, 4) is 11.4 Å². The summed E-state index contributed by atoms with van der Waals surface area (Å²) in [5.41, 5.74) is 4.14. The summed E-state index contributed by atoms with van der Waals surface area (Å²) in [6, 6.07) is 20.0. The molecule has 9 nitrogen and oxygen atoms in total. The van der Waals surface area contributed by atoms with E-state index in [1.54, 1.807) is 24.9 Å². The SMILES string of the molecule is O=C1CN(Cc2ccc(-n3ccnc3)cc2)CCCCOc2cccc(c2)[C@H]2CN(C(=O)Cc3cccnc3)C[C@@H]2N1. The molecule has 2 aliphatic rings. The summed E-state index contributed by atoms with van der Waals surface area (Å²) in [5, 5.41) is 3.30. The Balaban J connectivity index is 1.18. The number of likely N-dealkylation sites (tertiary alicyclic amines) is 1. The van der Waals surface area contributed by atoms with Gasteiger partial charge in [0.15, 0.2) is 0 Å². The van der Waals surface area contributed by atoms with Crippen molar-refractivity contribution in [2.24, 2.45) is 0 Å². The van der Waals surface area contributed by atoms with Gasteiger partial charge in [-0.05, 0) is 66.4 Å². The maximum absolute atomic E-state index is 13.5. The largest absolute Gasteiger partial charge is 0.494 e. The third kappa shape index (κ3) is 6.86. The molecule has 2 atom stereocenters. The van der Waals surface area contributed by atoms with E-state index in [4.69, 9.17) is 4.74 Å². The Kier molecular flexibility index (Phi) is 8.56. The van der Waals surface area contributed by atoms with Crippen LogP contribution >= 0.6 is 0 Å². The van der Waals surface area contributed by atoms with Crippen LogP contribution in [0, 0.1) is 0 Å². The van der Waals surface area contributed by atoms with Gasteiger partial charge in [0.25, 0.3) is 0 Å². The zero-order valence-corrected chi connectivity index (χ0v) is 23.6. The summed E-state index contributed by atoms with van der Waals surface area (Å²) in [5.74, 6) is 0.814. The molecule has 0 aliphatic carbocycles. The minimum absolute atomic E-state index is 0.0222. The predicted molar refractivity (Wildman–Crippen MR) is 159 cm³/mol. The first-order valence-corrected chi connectivity index (χ1v) is 14.6. The Bertz CT molecular complexity index is 1480. The molecule has 0 radical (unpaired) electrons. The molecule has 0 spiro atoms. The van der Waals surface area contributed by atoms with Gasteiger partial charge < -0.3 is 19.5 Å². The van der Waals surface area contributed by atoms with Gasteiger partial charge in [0.2, 0.25) is 11.8 Å². The first-order chi connectivity index (χ1) is 20.6. The predicted octanol–water partition coefficient (Wildman–Crippen LogP) is 3.60. The molecule has 42 heavy (non-hydrogen) atoms. The monoisotopic (exact) mass is 564 g/mol. The van der Waals surface area contributed by atoms with Gasteiger partial charge in [-0.2, -0.15) is 0 Å². The van der Waals surface area contributed by atoms with Crippen molar-refractivity contribution in [2.45, 2.75) is 37.8 Å². The molecule has 4 aromatic rings. The summed E-state index contributed by atoms with van der Waals surface area (Å²) in [6.07, 6.45) is 11.0. The van der Waals surface area contributed by atoms with E-state index >= 15 is 0 Å². The molecule has 2 aliphatic heterocycles. The number of rotatable bonds is 5. The number of carbonyl (C=O) groups excluding carboxylic acids is 2. The topological polar surface area (TPSA) is 92.6 Å². The third-order valence-electron chi connectivity index (χ3n) is 8.03. The number of amides is 2. The van der Waals surface area contributed by atoms with E-state index in [9.17, 15) is 9.59 Å². The molecule has 1 fully saturated rings. The second-order valence-corrected chi connectivity index (χ2v) is 11.1. The number of carbonyl (C=O) groups is 2. The lowest BCUT2D eigenvalue weighted by Crippen LogP contribution is -2.45. The van der Waals surface area contributed by atoms with Gasteiger partial charge in [-0.25, -0.2) is 4.98 Å². The van der Waals surface area contributed by atoms with Crippen molar-refractivity contribution in [3.63, 3.8) is 0 Å². The first-order valence-electron chi connectivity index (χ1n) is 14.6. The minimum atomic E-state index is -0.190. The fourth-order valence-corrected chi connectivity index (χ4v) is 5.86. The molecule has 0 unspecified atom stereocenters. The van der Waals surface area contributed by atoms with Crippen LogP contribution < -0.4 is 10.1 Å². The Morgan fingerprint density at radius 2 is 1.88 bits per heavy atom. The molecule has 2 bridgehead atoms. The standard InChI is InChI=1S/C33H36N6O3/c40-32-23-37(20-25-8-10-28(11-9-25)38-15-13-35-24-38)14-1-2-16-42-29-7-3-6-27(18-29)30-21-39(22-31(30)36-32)33(41)17-26-5-4-12-34-19-26/h3-13,15,18-19,24,30-31H,1-2,14,16-17,20-23H2,(H,36,40)/t30-,31+/m1/s1. The van der Waals surface area contributed by atoms with E-state index in [-0.39, 0.29) is 36.7 Å². The number of hydrogen-bond acceptors (Lipinski definition) is 6. The highest BCUT2D eigenvalue weighted by Crippen LogP contribution is 2.31. The third-order valence-corrected chi connectivity index (χ3v) is 8.03. The Morgan fingerprint density at radius 1 is 0.976 bits per heavy atom. The number of pyridine rings is 1. The van der Waals surface area contributed by atoms with Crippen molar-refractivity contribution in [3.05, 3.63) is 108 Å². The molecule has 1 saturated heterocycles. The molecule has 9 heteroatoms. The average Bonchev–Trinajstić information content (AvgIpc) is 3.69. The van der Waals surface area contributed by atoms with Gasteiger partial charge in [0.1, 0.15) is 5.75 Å². The van der Waals surface area contributed by atoms with Crippen molar-refractivity contribution >= 4 is 11.8 Å². The number of hydrogen-bond donors (Lipinski definition) is 1. The second kappa shape index (κ2) is 13.0. The quantitative estimate of drug-likeness (QED) is 0.398. The molecule has 4 heterocycles. The molecule has 1 N–H and O–H groups in total. The van der Waals surface area contributed by atoms with Crippen LogP contribution in [0.5, 0.6) is 5.75 Å². The van der Waals surface area contributed by atoms with Gasteiger partial charge in [0, 0.05) is 56.0 Å². The van der Waals surface area contributed by atoms with Crippen LogP contribution in [-0.4, -0.2) is 75.0 Å². The Labute approximate surface area is 246 Å². The molecule has 6 rings (SSSR count). The molecule has 2 amide bonds. The average molecular weight is 565 g/mol. The molecular formula is C33H36N6O3. The Morgan fingerprint density at radius 3 is 2.69 bits per heavy atom. The van der Waals surface area contributed by atoms with E-state index in [0.29, 0.717) is 26.2 Å². The smallest absolute Gasteiger partial charge is 0.234 e. The number of nitrogens with one attached hydrogen (secondary N) is 1. The van der Waals surface area contributed by atoms with Crippen LogP contribution in [0.3, 0.4) is 0 Å². The lowest BCUT2D eigenvalue weighted by Gasteiger charge is -2.25. The summed E-state index contributed by atoms with van der Waals surface area (Å²) < 4.78 is 8.08. The molecular weight excluding hydrogens is 528 g/mol. The highest BCUT2D eigenvalue weighted by Gasteiger charge is 2.37. The molecule has 0 saturated carbocycles. The van der Waals surface area contributed by atoms with E-state index in [2.05, 4.69) is 56.6 Å². The van der Waals surface area contributed by atoms with Crippen molar-refractivity contribution in [1.82, 2.24) is 29.7 Å². The number of ether oxygens (including phenoxy) is 1. The maximum atomic E-state index is 13.5. The number of nitrogens with zero attached hydrogens (tertiary/aromatic N) is 5.